The van der Waals surface area contributed by atoms with E-state index in [1.807, 2.05) is 23.1 Å². The number of amides is 1. The SMILES string of the molecule is O=C(C1CCc2ccccc2N1)N1CCCCCC1CO. The number of aliphatic hydroxyl groups is 1. The molecule has 21 heavy (non-hydrogen) atoms. The Labute approximate surface area is 126 Å². The Morgan fingerprint density at radius 1 is 1.24 bits per heavy atom. The van der Waals surface area contributed by atoms with Gasteiger partial charge in [0.05, 0.1) is 12.6 Å². The van der Waals surface area contributed by atoms with Crippen molar-refractivity contribution in [2.24, 2.45) is 0 Å². The van der Waals surface area contributed by atoms with Crippen LogP contribution < -0.4 is 5.32 Å². The number of hydrogen-bond acceptors (Lipinski definition) is 3. The molecule has 0 aromatic heterocycles. The quantitative estimate of drug-likeness (QED) is 0.877. The summed E-state index contributed by atoms with van der Waals surface area (Å²) in [4.78, 5) is 14.8. The van der Waals surface area contributed by atoms with Gasteiger partial charge in [-0.15, -0.1) is 0 Å². The minimum atomic E-state index is -0.146. The summed E-state index contributed by atoms with van der Waals surface area (Å²) in [6, 6.07) is 8.05. The van der Waals surface area contributed by atoms with Crippen LogP contribution in [0.25, 0.3) is 0 Å². The van der Waals surface area contributed by atoms with Gasteiger partial charge in [0.2, 0.25) is 5.91 Å². The molecule has 1 amide bonds. The number of aryl methyl sites for hydroxylation is 1. The van der Waals surface area contributed by atoms with Gasteiger partial charge < -0.3 is 15.3 Å². The first-order valence-electron chi connectivity index (χ1n) is 8.05. The zero-order chi connectivity index (χ0) is 14.7. The predicted octanol–water partition coefficient (Wildman–Crippen LogP) is 2.18. The third-order valence-electron chi connectivity index (χ3n) is 4.72. The highest BCUT2D eigenvalue weighted by Gasteiger charge is 2.32. The maximum absolute atomic E-state index is 12.8. The molecule has 2 N–H and O–H groups in total. The molecule has 0 bridgehead atoms. The maximum atomic E-state index is 12.8. The summed E-state index contributed by atoms with van der Waals surface area (Å²) in [5, 5.41) is 13.0. The third-order valence-corrected chi connectivity index (χ3v) is 4.72. The summed E-state index contributed by atoms with van der Waals surface area (Å²) in [5.41, 5.74) is 2.37. The summed E-state index contributed by atoms with van der Waals surface area (Å²) in [5.74, 6) is 0.158. The normalized spacial score (nSPS) is 25.7. The molecule has 3 rings (SSSR count). The summed E-state index contributed by atoms with van der Waals surface area (Å²) >= 11 is 0. The molecule has 1 saturated heterocycles. The standard InChI is InChI=1S/C17H24N2O2/c20-12-14-7-2-1-5-11-19(14)17(21)16-10-9-13-6-3-4-8-15(13)18-16/h3-4,6,8,14,16,18,20H,1-2,5,7,9-12H2. The molecule has 2 aliphatic heterocycles. The van der Waals surface area contributed by atoms with Crippen LogP contribution in [-0.2, 0) is 11.2 Å². The second-order valence-electron chi connectivity index (χ2n) is 6.11. The lowest BCUT2D eigenvalue weighted by atomic mass is 9.97. The van der Waals surface area contributed by atoms with Crippen LogP contribution in [0.1, 0.15) is 37.7 Å². The first-order chi connectivity index (χ1) is 10.3. The molecule has 114 valence electrons. The molecule has 1 aromatic carbocycles. The molecular formula is C17H24N2O2. The van der Waals surface area contributed by atoms with Crippen molar-refractivity contribution in [3.8, 4) is 0 Å². The van der Waals surface area contributed by atoms with E-state index in [1.165, 1.54) is 5.56 Å². The number of carbonyl (C=O) groups is 1. The van der Waals surface area contributed by atoms with Gasteiger partial charge in [0.25, 0.3) is 0 Å². The summed E-state index contributed by atoms with van der Waals surface area (Å²) in [6.07, 6.45) is 6.01. The van der Waals surface area contributed by atoms with Crippen LogP contribution in [0.4, 0.5) is 5.69 Å². The van der Waals surface area contributed by atoms with Gasteiger partial charge in [0.15, 0.2) is 0 Å². The van der Waals surface area contributed by atoms with Gasteiger partial charge in [-0.3, -0.25) is 4.79 Å². The number of rotatable bonds is 2. The Bertz CT molecular complexity index is 503. The minimum Gasteiger partial charge on any atom is -0.394 e. The van der Waals surface area contributed by atoms with E-state index >= 15 is 0 Å². The van der Waals surface area contributed by atoms with Crippen LogP contribution >= 0.6 is 0 Å². The van der Waals surface area contributed by atoms with E-state index in [4.69, 9.17) is 0 Å². The fraction of sp³-hybridized carbons (Fsp3) is 0.588. The number of anilines is 1. The molecule has 0 saturated carbocycles. The number of benzene rings is 1. The molecule has 0 aliphatic carbocycles. The number of nitrogens with one attached hydrogen (secondary N) is 1. The van der Waals surface area contributed by atoms with Crippen LogP contribution in [0, 0.1) is 0 Å². The van der Waals surface area contributed by atoms with E-state index < -0.39 is 0 Å². The third kappa shape index (κ3) is 3.05. The number of likely N-dealkylation sites (tertiary alicyclic amines) is 1. The lowest BCUT2D eigenvalue weighted by Crippen LogP contribution is -2.50. The van der Waals surface area contributed by atoms with E-state index in [-0.39, 0.29) is 24.6 Å². The first kappa shape index (κ1) is 14.4. The van der Waals surface area contributed by atoms with E-state index in [2.05, 4.69) is 11.4 Å². The number of carbonyl (C=O) groups excluding carboxylic acids is 1. The zero-order valence-electron chi connectivity index (χ0n) is 12.4. The summed E-state index contributed by atoms with van der Waals surface area (Å²) in [7, 11) is 0. The van der Waals surface area contributed by atoms with Gasteiger partial charge >= 0.3 is 0 Å². The van der Waals surface area contributed by atoms with Crippen LogP contribution in [0.5, 0.6) is 0 Å². The van der Waals surface area contributed by atoms with Crippen molar-refractivity contribution in [2.45, 2.75) is 50.6 Å². The molecule has 2 atom stereocenters. The van der Waals surface area contributed by atoms with Crippen molar-refractivity contribution in [3.05, 3.63) is 29.8 Å². The van der Waals surface area contributed by atoms with Crippen molar-refractivity contribution in [3.63, 3.8) is 0 Å². The Kier molecular flexibility index (Phi) is 4.44. The molecule has 2 unspecified atom stereocenters. The van der Waals surface area contributed by atoms with Crippen LogP contribution in [0.3, 0.4) is 0 Å². The van der Waals surface area contributed by atoms with Gasteiger partial charge in [0.1, 0.15) is 6.04 Å². The Hall–Kier alpha value is -1.55. The Balaban J connectivity index is 1.73. The first-order valence-corrected chi connectivity index (χ1v) is 8.05. The smallest absolute Gasteiger partial charge is 0.245 e. The molecule has 2 heterocycles. The van der Waals surface area contributed by atoms with Crippen LogP contribution in [0.2, 0.25) is 0 Å². The van der Waals surface area contributed by atoms with Gasteiger partial charge in [-0.2, -0.15) is 0 Å². The fourth-order valence-electron chi connectivity index (χ4n) is 3.48. The lowest BCUT2D eigenvalue weighted by molar-refractivity contribution is -0.135. The van der Waals surface area contributed by atoms with Crippen molar-refractivity contribution >= 4 is 11.6 Å². The maximum Gasteiger partial charge on any atom is 0.245 e. The monoisotopic (exact) mass is 288 g/mol. The van der Waals surface area contributed by atoms with Gasteiger partial charge in [-0.1, -0.05) is 31.0 Å². The Morgan fingerprint density at radius 2 is 2.10 bits per heavy atom. The van der Waals surface area contributed by atoms with E-state index in [0.717, 1.165) is 50.8 Å². The van der Waals surface area contributed by atoms with Gasteiger partial charge in [0, 0.05) is 12.2 Å². The molecule has 1 aromatic rings. The van der Waals surface area contributed by atoms with Crippen molar-refractivity contribution in [1.29, 1.82) is 0 Å². The second-order valence-corrected chi connectivity index (χ2v) is 6.11. The highest BCUT2D eigenvalue weighted by molar-refractivity contribution is 5.86. The molecule has 4 heteroatoms. The Morgan fingerprint density at radius 3 is 2.95 bits per heavy atom. The second kappa shape index (κ2) is 6.48. The average Bonchev–Trinajstić information content (AvgIpc) is 2.79. The number of fused-ring (bicyclic) bond motifs is 1. The lowest BCUT2D eigenvalue weighted by Gasteiger charge is -2.34. The van der Waals surface area contributed by atoms with Crippen LogP contribution in [0.15, 0.2) is 24.3 Å². The summed E-state index contributed by atoms with van der Waals surface area (Å²) in [6.45, 7) is 0.860. The molecule has 2 aliphatic rings. The van der Waals surface area contributed by atoms with Gasteiger partial charge in [-0.25, -0.2) is 0 Å². The molecule has 0 radical (unpaired) electrons. The fourth-order valence-corrected chi connectivity index (χ4v) is 3.48. The van der Waals surface area contributed by atoms with Gasteiger partial charge in [-0.05, 0) is 37.3 Å². The minimum absolute atomic E-state index is 0.000953. The van der Waals surface area contributed by atoms with E-state index in [0.29, 0.717) is 0 Å². The number of hydrogen-bond donors (Lipinski definition) is 2. The molecular weight excluding hydrogens is 264 g/mol. The topological polar surface area (TPSA) is 52.6 Å². The predicted molar refractivity (Wildman–Crippen MR) is 83.2 cm³/mol. The molecule has 0 spiro atoms. The van der Waals surface area contributed by atoms with Crippen molar-refractivity contribution in [2.75, 3.05) is 18.5 Å². The molecule has 4 nitrogen and oxygen atoms in total. The largest absolute Gasteiger partial charge is 0.394 e. The number of nitrogens with zero attached hydrogens (tertiary/aromatic N) is 1. The summed E-state index contributed by atoms with van der Waals surface area (Å²) < 4.78 is 0. The molecule has 1 fully saturated rings. The van der Waals surface area contributed by atoms with Crippen molar-refractivity contribution < 1.29 is 9.90 Å². The van der Waals surface area contributed by atoms with Crippen LogP contribution in [-0.4, -0.2) is 41.1 Å². The zero-order valence-corrected chi connectivity index (χ0v) is 12.4. The van der Waals surface area contributed by atoms with E-state index in [1.54, 1.807) is 0 Å². The number of para-hydroxylation sites is 1. The number of aliphatic hydroxyl groups excluding tert-OH is 1. The average molecular weight is 288 g/mol. The highest BCUT2D eigenvalue weighted by atomic mass is 16.3. The highest BCUT2D eigenvalue weighted by Crippen LogP contribution is 2.26. The van der Waals surface area contributed by atoms with E-state index in [9.17, 15) is 9.90 Å². The van der Waals surface area contributed by atoms with Crippen molar-refractivity contribution in [1.82, 2.24) is 4.90 Å².